The van der Waals surface area contributed by atoms with E-state index in [1.165, 1.54) is 43.1 Å². The van der Waals surface area contributed by atoms with Crippen LogP contribution >= 0.6 is 0 Å². The average molecular weight is 458 g/mol. The molecule has 0 atom stereocenters. The van der Waals surface area contributed by atoms with E-state index in [0.29, 0.717) is 0 Å². The Balaban J connectivity index is 1.45. The fourth-order valence-corrected chi connectivity index (χ4v) is 5.75. The molecular weight excluding hydrogens is 438 g/mol. The van der Waals surface area contributed by atoms with Gasteiger partial charge >= 0.3 is 0 Å². The van der Waals surface area contributed by atoms with Gasteiger partial charge in [-0.3, -0.25) is 15.0 Å². The zero-order chi connectivity index (χ0) is 23.6. The van der Waals surface area contributed by atoms with Crippen molar-refractivity contribution in [2.75, 3.05) is 0 Å². The Hall–Kier alpha value is -4.89. The zero-order valence-corrected chi connectivity index (χ0v) is 19.3. The second-order valence-electron chi connectivity index (χ2n) is 9.27. The predicted octanol–water partition coefficient (Wildman–Crippen LogP) is 8.46. The van der Waals surface area contributed by atoms with Gasteiger partial charge in [0.1, 0.15) is 0 Å². The highest BCUT2D eigenvalue weighted by Gasteiger charge is 2.13. The first kappa shape index (κ1) is 19.4. The molecule has 0 aliphatic rings. The molecule has 0 unspecified atom stereocenters. The molecule has 0 fully saturated rings. The predicted molar refractivity (Wildman–Crippen MR) is 150 cm³/mol. The summed E-state index contributed by atoms with van der Waals surface area (Å²) in [5, 5.41) is 12.0. The summed E-state index contributed by atoms with van der Waals surface area (Å²) in [4.78, 5) is 14.3. The van der Waals surface area contributed by atoms with Crippen molar-refractivity contribution >= 4 is 64.9 Å². The van der Waals surface area contributed by atoms with Gasteiger partial charge < -0.3 is 0 Å². The summed E-state index contributed by atoms with van der Waals surface area (Å²) in [5.74, 6) is 0. The molecule has 0 aliphatic carbocycles. The van der Waals surface area contributed by atoms with Gasteiger partial charge in [-0.05, 0) is 49.8 Å². The van der Waals surface area contributed by atoms with Crippen LogP contribution in [-0.4, -0.2) is 15.0 Å². The topological polar surface area (TPSA) is 38.7 Å². The molecule has 2 aromatic heterocycles. The third-order valence-electron chi connectivity index (χ3n) is 7.37. The number of rotatable bonds is 1. The van der Waals surface area contributed by atoms with Crippen LogP contribution in [0.15, 0.2) is 116 Å². The van der Waals surface area contributed by atoms with Gasteiger partial charge in [0.05, 0.1) is 16.7 Å². The van der Waals surface area contributed by atoms with Crippen molar-refractivity contribution in [1.82, 2.24) is 15.0 Å². The standard InChI is InChI=1S/C33H19N3/c1-3-9-23-21(7-1)22-8-2-4-10-24(22)30-19-36-31(18-29(23)30)20-13-14-27-28(17-20)25-11-5-6-12-26(25)32-33(27)35-16-15-34-32/h1-19H. The number of fused-ring (bicyclic) bond motifs is 12. The lowest BCUT2D eigenvalue weighted by atomic mass is 9.93. The lowest BCUT2D eigenvalue weighted by molar-refractivity contribution is 1.31. The monoisotopic (exact) mass is 457 g/mol. The van der Waals surface area contributed by atoms with Gasteiger partial charge in [0.15, 0.2) is 0 Å². The quantitative estimate of drug-likeness (QED) is 0.232. The molecule has 166 valence electrons. The van der Waals surface area contributed by atoms with Crippen LogP contribution in [0.25, 0.3) is 76.2 Å². The van der Waals surface area contributed by atoms with Crippen molar-refractivity contribution in [2.45, 2.75) is 0 Å². The summed E-state index contributed by atoms with van der Waals surface area (Å²) in [5.41, 5.74) is 3.93. The molecule has 0 bridgehead atoms. The van der Waals surface area contributed by atoms with E-state index in [9.17, 15) is 0 Å². The molecule has 3 heteroatoms. The van der Waals surface area contributed by atoms with Crippen molar-refractivity contribution in [3.63, 3.8) is 0 Å². The summed E-state index contributed by atoms with van der Waals surface area (Å²) in [6.07, 6.45) is 5.57. The molecule has 0 saturated heterocycles. The lowest BCUT2D eigenvalue weighted by Crippen LogP contribution is -1.90. The van der Waals surface area contributed by atoms with E-state index in [0.717, 1.165) is 33.1 Å². The SMILES string of the molecule is c1ccc2c(c1)c1ccccc1c1cc(-c3ccc4c(c3)c3ccccc3c3nccnc43)ncc21. The number of hydrogen-bond donors (Lipinski definition) is 0. The van der Waals surface area contributed by atoms with Crippen LogP contribution in [0.4, 0.5) is 0 Å². The second kappa shape index (κ2) is 7.30. The van der Waals surface area contributed by atoms with Gasteiger partial charge in [-0.1, -0.05) is 84.9 Å². The molecule has 0 spiro atoms. The summed E-state index contributed by atoms with van der Waals surface area (Å²) >= 11 is 0. The van der Waals surface area contributed by atoms with Crippen LogP contribution in [-0.2, 0) is 0 Å². The third-order valence-corrected chi connectivity index (χ3v) is 7.37. The van der Waals surface area contributed by atoms with Crippen LogP contribution in [0.2, 0.25) is 0 Å². The second-order valence-corrected chi connectivity index (χ2v) is 9.27. The van der Waals surface area contributed by atoms with Gasteiger partial charge in [-0.2, -0.15) is 0 Å². The number of hydrogen-bond acceptors (Lipinski definition) is 3. The minimum Gasteiger partial charge on any atom is -0.256 e. The lowest BCUT2D eigenvalue weighted by Gasteiger charge is -2.13. The van der Waals surface area contributed by atoms with Crippen LogP contribution in [0, 0.1) is 0 Å². The molecule has 2 heterocycles. The molecule has 0 aliphatic heterocycles. The molecule has 0 N–H and O–H groups in total. The maximum Gasteiger partial charge on any atom is 0.0971 e. The van der Waals surface area contributed by atoms with E-state index in [1.807, 2.05) is 6.20 Å². The molecule has 6 aromatic carbocycles. The minimum atomic E-state index is 0.932. The van der Waals surface area contributed by atoms with E-state index >= 15 is 0 Å². The van der Waals surface area contributed by atoms with Crippen molar-refractivity contribution in [3.8, 4) is 11.3 Å². The van der Waals surface area contributed by atoms with Crippen molar-refractivity contribution < 1.29 is 0 Å². The minimum absolute atomic E-state index is 0.932. The van der Waals surface area contributed by atoms with E-state index in [4.69, 9.17) is 4.98 Å². The first-order valence-electron chi connectivity index (χ1n) is 12.1. The highest BCUT2D eigenvalue weighted by molar-refractivity contribution is 6.26. The largest absolute Gasteiger partial charge is 0.256 e. The fraction of sp³-hybridized carbons (Fsp3) is 0. The highest BCUT2D eigenvalue weighted by Crippen LogP contribution is 2.38. The summed E-state index contributed by atoms with van der Waals surface area (Å²) < 4.78 is 0. The van der Waals surface area contributed by atoms with Gasteiger partial charge in [-0.15, -0.1) is 0 Å². The highest BCUT2D eigenvalue weighted by atomic mass is 14.8. The van der Waals surface area contributed by atoms with E-state index in [2.05, 4.69) is 107 Å². The van der Waals surface area contributed by atoms with Gasteiger partial charge in [0.2, 0.25) is 0 Å². The molecule has 8 rings (SSSR count). The van der Waals surface area contributed by atoms with Crippen molar-refractivity contribution in [1.29, 1.82) is 0 Å². The smallest absolute Gasteiger partial charge is 0.0971 e. The Labute approximate surface area is 206 Å². The van der Waals surface area contributed by atoms with Gasteiger partial charge in [0.25, 0.3) is 0 Å². The first-order chi connectivity index (χ1) is 17.9. The molecule has 3 nitrogen and oxygen atoms in total. The molecule has 8 aromatic rings. The van der Waals surface area contributed by atoms with Crippen molar-refractivity contribution in [3.05, 3.63) is 116 Å². The maximum absolute atomic E-state index is 4.96. The molecule has 0 amide bonds. The summed E-state index contributed by atoms with van der Waals surface area (Å²) in [7, 11) is 0. The van der Waals surface area contributed by atoms with E-state index in [1.54, 1.807) is 12.4 Å². The Morgan fingerprint density at radius 1 is 0.361 bits per heavy atom. The number of nitrogens with zero attached hydrogens (tertiary/aromatic N) is 3. The Morgan fingerprint density at radius 3 is 1.47 bits per heavy atom. The van der Waals surface area contributed by atoms with Gasteiger partial charge in [0, 0.05) is 40.3 Å². The van der Waals surface area contributed by atoms with E-state index < -0.39 is 0 Å². The van der Waals surface area contributed by atoms with Crippen LogP contribution in [0.1, 0.15) is 0 Å². The Morgan fingerprint density at radius 2 is 0.833 bits per heavy atom. The molecular formula is C33H19N3. The zero-order valence-electron chi connectivity index (χ0n) is 19.3. The normalized spacial score (nSPS) is 11.9. The number of benzene rings is 6. The Kier molecular flexibility index (Phi) is 3.94. The third kappa shape index (κ3) is 2.65. The summed E-state index contributed by atoms with van der Waals surface area (Å²) in [6.45, 7) is 0. The first-order valence-corrected chi connectivity index (χ1v) is 12.1. The van der Waals surface area contributed by atoms with Crippen LogP contribution in [0.3, 0.4) is 0 Å². The number of aromatic nitrogens is 3. The van der Waals surface area contributed by atoms with Crippen LogP contribution in [0.5, 0.6) is 0 Å². The molecule has 36 heavy (non-hydrogen) atoms. The number of pyridine rings is 1. The molecule has 0 saturated carbocycles. The fourth-order valence-electron chi connectivity index (χ4n) is 5.75. The van der Waals surface area contributed by atoms with Crippen LogP contribution < -0.4 is 0 Å². The van der Waals surface area contributed by atoms with E-state index in [-0.39, 0.29) is 0 Å². The summed E-state index contributed by atoms with van der Waals surface area (Å²) in [6, 6.07) is 34.5. The van der Waals surface area contributed by atoms with Crippen molar-refractivity contribution in [2.24, 2.45) is 0 Å². The Bertz CT molecular complexity index is 1930. The average Bonchev–Trinajstić information content (AvgIpc) is 2.97. The molecule has 0 radical (unpaired) electrons. The maximum atomic E-state index is 4.96. The van der Waals surface area contributed by atoms with Gasteiger partial charge in [-0.25, -0.2) is 0 Å².